The van der Waals surface area contributed by atoms with Crippen molar-refractivity contribution in [1.82, 2.24) is 4.98 Å². The molecular weight excluding hydrogens is 320 g/mol. The number of nitriles is 1. The Kier molecular flexibility index (Phi) is 4.72. The van der Waals surface area contributed by atoms with Gasteiger partial charge in [-0.25, -0.2) is 4.98 Å². The van der Waals surface area contributed by atoms with E-state index in [4.69, 9.17) is 10.00 Å². The van der Waals surface area contributed by atoms with Crippen molar-refractivity contribution in [3.8, 4) is 11.8 Å². The molecule has 0 fully saturated rings. The minimum atomic E-state index is -0.633. The van der Waals surface area contributed by atoms with E-state index in [9.17, 15) is 5.11 Å². The Morgan fingerprint density at radius 3 is 2.95 bits per heavy atom. The lowest BCUT2D eigenvalue weighted by molar-refractivity contribution is 0.190. The van der Waals surface area contributed by atoms with E-state index in [1.807, 2.05) is 18.2 Å². The van der Waals surface area contributed by atoms with Crippen molar-refractivity contribution < 1.29 is 9.84 Å². The Labute approximate surface area is 125 Å². The maximum absolute atomic E-state index is 9.76. The van der Waals surface area contributed by atoms with Gasteiger partial charge in [0.05, 0.1) is 6.10 Å². The molecule has 20 heavy (non-hydrogen) atoms. The van der Waals surface area contributed by atoms with Gasteiger partial charge in [0, 0.05) is 21.8 Å². The predicted molar refractivity (Wildman–Crippen MR) is 78.1 cm³/mol. The summed E-state index contributed by atoms with van der Waals surface area (Å²) in [5, 5.41) is 18.7. The third-order valence-corrected chi connectivity index (χ3v) is 3.30. The Morgan fingerprint density at radius 1 is 1.45 bits per heavy atom. The summed E-state index contributed by atoms with van der Waals surface area (Å²) in [4.78, 5) is 3.98. The van der Waals surface area contributed by atoms with Crippen molar-refractivity contribution in [1.29, 1.82) is 5.26 Å². The standard InChI is InChI=1S/C15H13BrN2O2/c1-10(19)13-7-12(16)4-5-15(13)20-9-11-3-2-6-18-14(11)8-17/h2-7,10,19H,9H2,1H3/t10-/m0/s1. The first kappa shape index (κ1) is 14.5. The lowest BCUT2D eigenvalue weighted by Gasteiger charge is -2.14. The van der Waals surface area contributed by atoms with Crippen LogP contribution in [0.5, 0.6) is 5.75 Å². The summed E-state index contributed by atoms with van der Waals surface area (Å²) in [5.41, 5.74) is 1.76. The molecule has 2 rings (SSSR count). The quantitative estimate of drug-likeness (QED) is 0.932. The van der Waals surface area contributed by atoms with Crippen LogP contribution in [-0.4, -0.2) is 10.1 Å². The number of hydrogen-bond acceptors (Lipinski definition) is 4. The zero-order valence-corrected chi connectivity index (χ0v) is 12.5. The summed E-state index contributed by atoms with van der Waals surface area (Å²) >= 11 is 3.36. The van der Waals surface area contributed by atoms with Gasteiger partial charge in [-0.05, 0) is 31.2 Å². The molecular formula is C15H13BrN2O2. The number of hydrogen-bond donors (Lipinski definition) is 1. The van der Waals surface area contributed by atoms with Gasteiger partial charge >= 0.3 is 0 Å². The number of aromatic nitrogens is 1. The average Bonchev–Trinajstić information content (AvgIpc) is 2.46. The SMILES string of the molecule is C[C@H](O)c1cc(Br)ccc1OCc1cccnc1C#N. The van der Waals surface area contributed by atoms with E-state index in [1.165, 1.54) is 0 Å². The van der Waals surface area contributed by atoms with Crippen LogP contribution in [0.3, 0.4) is 0 Å². The molecule has 0 saturated carbocycles. The molecule has 0 aliphatic heterocycles. The second kappa shape index (κ2) is 6.51. The van der Waals surface area contributed by atoms with Crippen molar-refractivity contribution in [3.63, 3.8) is 0 Å². The molecule has 0 unspecified atom stereocenters. The summed E-state index contributed by atoms with van der Waals surface area (Å²) in [6, 6.07) is 11.0. The topological polar surface area (TPSA) is 66.1 Å². The summed E-state index contributed by atoms with van der Waals surface area (Å²) in [6.45, 7) is 1.91. The minimum Gasteiger partial charge on any atom is -0.488 e. The molecule has 0 radical (unpaired) electrons. The number of nitrogens with zero attached hydrogens (tertiary/aromatic N) is 2. The first-order chi connectivity index (χ1) is 9.61. The molecule has 0 bridgehead atoms. The monoisotopic (exact) mass is 332 g/mol. The number of aliphatic hydroxyl groups excluding tert-OH is 1. The normalized spacial score (nSPS) is 11.7. The lowest BCUT2D eigenvalue weighted by Crippen LogP contribution is -2.03. The van der Waals surface area contributed by atoms with Crippen LogP contribution >= 0.6 is 15.9 Å². The highest BCUT2D eigenvalue weighted by molar-refractivity contribution is 9.10. The van der Waals surface area contributed by atoms with Crippen molar-refractivity contribution >= 4 is 15.9 Å². The highest BCUT2D eigenvalue weighted by atomic mass is 79.9. The number of aliphatic hydroxyl groups is 1. The first-order valence-electron chi connectivity index (χ1n) is 6.06. The van der Waals surface area contributed by atoms with Crippen LogP contribution in [0.2, 0.25) is 0 Å². The van der Waals surface area contributed by atoms with Gasteiger partial charge in [-0.2, -0.15) is 5.26 Å². The number of halogens is 1. The Morgan fingerprint density at radius 2 is 2.25 bits per heavy atom. The van der Waals surface area contributed by atoms with Gasteiger partial charge < -0.3 is 9.84 Å². The third-order valence-electron chi connectivity index (χ3n) is 2.80. The highest BCUT2D eigenvalue weighted by Gasteiger charge is 2.11. The lowest BCUT2D eigenvalue weighted by atomic mass is 10.1. The maximum Gasteiger partial charge on any atom is 0.147 e. The van der Waals surface area contributed by atoms with Crippen LogP contribution in [0.4, 0.5) is 0 Å². The van der Waals surface area contributed by atoms with Crippen LogP contribution in [0.25, 0.3) is 0 Å². The summed E-state index contributed by atoms with van der Waals surface area (Å²) in [6.07, 6.45) is 0.940. The second-order valence-electron chi connectivity index (χ2n) is 4.27. The zero-order valence-electron chi connectivity index (χ0n) is 10.9. The van der Waals surface area contributed by atoms with Gasteiger partial charge in [0.15, 0.2) is 0 Å². The predicted octanol–water partition coefficient (Wildman–Crippen LogP) is 3.35. The largest absolute Gasteiger partial charge is 0.488 e. The molecule has 0 aliphatic carbocycles. The molecule has 2 aromatic rings. The van der Waals surface area contributed by atoms with Crippen LogP contribution in [-0.2, 0) is 6.61 Å². The Bertz CT molecular complexity index is 651. The van der Waals surface area contributed by atoms with Crippen molar-refractivity contribution in [2.75, 3.05) is 0 Å². The van der Waals surface area contributed by atoms with Crippen molar-refractivity contribution in [2.45, 2.75) is 19.6 Å². The molecule has 0 amide bonds. The van der Waals surface area contributed by atoms with E-state index in [-0.39, 0.29) is 6.61 Å². The fourth-order valence-corrected chi connectivity index (χ4v) is 2.17. The molecule has 1 N–H and O–H groups in total. The molecule has 0 spiro atoms. The molecule has 4 nitrogen and oxygen atoms in total. The second-order valence-corrected chi connectivity index (χ2v) is 5.19. The Balaban J connectivity index is 2.21. The van der Waals surface area contributed by atoms with E-state index in [2.05, 4.69) is 20.9 Å². The van der Waals surface area contributed by atoms with Gasteiger partial charge in [-0.15, -0.1) is 0 Å². The van der Waals surface area contributed by atoms with Crippen molar-refractivity contribution in [2.24, 2.45) is 0 Å². The van der Waals surface area contributed by atoms with Gasteiger partial charge in [0.2, 0.25) is 0 Å². The van der Waals surface area contributed by atoms with E-state index >= 15 is 0 Å². The minimum absolute atomic E-state index is 0.234. The van der Waals surface area contributed by atoms with Crippen molar-refractivity contribution in [3.05, 3.63) is 57.8 Å². The number of rotatable bonds is 4. The molecule has 0 saturated heterocycles. The van der Waals surface area contributed by atoms with E-state index in [0.717, 1.165) is 10.0 Å². The van der Waals surface area contributed by atoms with E-state index in [0.29, 0.717) is 17.0 Å². The number of benzene rings is 1. The van der Waals surface area contributed by atoms with Crippen LogP contribution in [0.15, 0.2) is 41.0 Å². The number of ether oxygens (including phenoxy) is 1. The molecule has 0 aliphatic rings. The molecule has 1 aromatic carbocycles. The summed E-state index contributed by atoms with van der Waals surface area (Å²) in [5.74, 6) is 0.593. The van der Waals surface area contributed by atoms with Gasteiger partial charge in [-0.3, -0.25) is 0 Å². The van der Waals surface area contributed by atoms with Gasteiger partial charge in [0.25, 0.3) is 0 Å². The van der Waals surface area contributed by atoms with E-state index in [1.54, 1.807) is 31.3 Å². The van der Waals surface area contributed by atoms with E-state index < -0.39 is 6.10 Å². The first-order valence-corrected chi connectivity index (χ1v) is 6.85. The van der Waals surface area contributed by atoms with Crippen LogP contribution < -0.4 is 4.74 Å². The molecule has 1 heterocycles. The van der Waals surface area contributed by atoms with Gasteiger partial charge in [-0.1, -0.05) is 22.0 Å². The van der Waals surface area contributed by atoms with Crippen LogP contribution in [0, 0.1) is 11.3 Å². The maximum atomic E-state index is 9.76. The molecule has 5 heteroatoms. The summed E-state index contributed by atoms with van der Waals surface area (Å²) in [7, 11) is 0. The fourth-order valence-electron chi connectivity index (χ4n) is 1.79. The molecule has 1 aromatic heterocycles. The summed E-state index contributed by atoms with van der Waals surface area (Å²) < 4.78 is 6.58. The molecule has 1 atom stereocenters. The third kappa shape index (κ3) is 3.35. The Hall–Kier alpha value is -1.90. The smallest absolute Gasteiger partial charge is 0.147 e. The zero-order chi connectivity index (χ0) is 14.5. The van der Waals surface area contributed by atoms with Gasteiger partial charge in [0.1, 0.15) is 24.1 Å². The number of pyridine rings is 1. The molecule has 102 valence electrons. The highest BCUT2D eigenvalue weighted by Crippen LogP contribution is 2.29. The fraction of sp³-hybridized carbons (Fsp3) is 0.200. The average molecular weight is 333 g/mol. The van der Waals surface area contributed by atoms with Crippen LogP contribution in [0.1, 0.15) is 29.8 Å².